The maximum Gasteiger partial charge on any atom is 0.186 e. The first-order valence-electron chi connectivity index (χ1n) is 15.6. The highest BCUT2D eigenvalue weighted by molar-refractivity contribution is 5.91. The van der Waals surface area contributed by atoms with Gasteiger partial charge >= 0.3 is 0 Å². The molecule has 2 heterocycles. The van der Waals surface area contributed by atoms with Crippen LogP contribution in [0.15, 0.2) is 0 Å². The van der Waals surface area contributed by atoms with Crippen molar-refractivity contribution in [2.24, 2.45) is 34.6 Å². The molecule has 0 radical (unpaired) electrons. The summed E-state index contributed by atoms with van der Waals surface area (Å²) >= 11 is 0. The zero-order valence-corrected chi connectivity index (χ0v) is 25.5. The number of nitrogens with two attached hydrogens (primary N) is 5. The molecule has 19 N–H and O–H groups in total. The van der Waals surface area contributed by atoms with Gasteiger partial charge in [-0.25, -0.2) is 0 Å². The quantitative estimate of drug-likeness (QED) is 0.0816. The lowest BCUT2D eigenvalue weighted by Gasteiger charge is -2.49. The van der Waals surface area contributed by atoms with Crippen molar-refractivity contribution < 1.29 is 64.6 Å². The van der Waals surface area contributed by atoms with Gasteiger partial charge in [-0.2, -0.15) is 0 Å². The van der Waals surface area contributed by atoms with Gasteiger partial charge in [0.15, 0.2) is 18.4 Å². The molecule has 2 aliphatic heterocycles. The summed E-state index contributed by atoms with van der Waals surface area (Å²) in [5, 5.41) is 87.5. The lowest BCUT2D eigenvalue weighted by atomic mass is 9.76. The SMILES string of the molecule is NCCC(O)CN[C@H]1[C@@H](OC2[C@@H](N)C[C@@H](CC(=O)C3(O)CC3N)[C@H](O[C@H]3O[C@H](CO)[C@@H](O)[C@H](N)[C@H]3O)[C@H]2O)O[C@H](CN)[C@@H](O)[C@@H]1O. The van der Waals surface area contributed by atoms with Crippen molar-refractivity contribution in [2.75, 3.05) is 26.2 Å². The Morgan fingerprint density at radius 1 is 0.913 bits per heavy atom. The molecule has 4 aliphatic rings. The molecule has 2 saturated carbocycles. The monoisotopic (exact) mass is 668 g/mol. The third-order valence-corrected chi connectivity index (χ3v) is 9.59. The standard InChI is InChI=1S/C27H52N6O13/c28-2-1-10(35)7-33-17-21(40)19(38)12(6-29)43-25(17)46-24-11(30)3-9(4-15(36)27(42)5-14(27)31)23(22(24)41)45-26-20(39)16(32)18(37)13(8-34)44-26/h9-14,16-26,33-35,37-42H,1-8,28-32H2/t9-,10?,11-,12+,13+,14?,16-,17+,18+,19+,20+,21+,22+,23-,24?,25+,26+,27?/m0/s1. The number of nitrogens with one attached hydrogen (secondary N) is 1. The Bertz CT molecular complexity index is 1010. The Labute approximate surface area is 265 Å². The molecule has 0 bridgehead atoms. The van der Waals surface area contributed by atoms with Crippen LogP contribution >= 0.6 is 0 Å². The number of carbonyl (C=O) groups is 1. The van der Waals surface area contributed by atoms with Crippen molar-refractivity contribution in [2.45, 2.75) is 129 Å². The van der Waals surface area contributed by atoms with E-state index in [-0.39, 0.29) is 45.3 Å². The van der Waals surface area contributed by atoms with Crippen LogP contribution in [0.4, 0.5) is 0 Å². The topological polar surface area (TPSA) is 358 Å². The van der Waals surface area contributed by atoms with E-state index in [1.54, 1.807) is 0 Å². The molecule has 46 heavy (non-hydrogen) atoms. The molecular weight excluding hydrogens is 616 g/mol. The van der Waals surface area contributed by atoms with E-state index in [0.29, 0.717) is 0 Å². The molecule has 19 heteroatoms. The number of rotatable bonds is 14. The maximum absolute atomic E-state index is 13.0. The fourth-order valence-electron chi connectivity index (χ4n) is 6.49. The third kappa shape index (κ3) is 7.88. The number of Topliss-reactive ketones (excluding diaryl/α,β-unsaturated/α-hetero) is 1. The van der Waals surface area contributed by atoms with Crippen LogP contribution in [-0.4, -0.2) is 176 Å². The van der Waals surface area contributed by atoms with Crippen molar-refractivity contribution in [3.8, 4) is 0 Å². The predicted molar refractivity (Wildman–Crippen MR) is 156 cm³/mol. The molecule has 0 spiro atoms. The first-order valence-corrected chi connectivity index (χ1v) is 15.6. The minimum Gasteiger partial charge on any atom is -0.394 e. The lowest BCUT2D eigenvalue weighted by molar-refractivity contribution is -0.324. The fraction of sp³-hybridized carbons (Fsp3) is 0.963. The summed E-state index contributed by atoms with van der Waals surface area (Å²) in [5.41, 5.74) is 27.7. The summed E-state index contributed by atoms with van der Waals surface area (Å²) in [5.74, 6) is -1.46. The summed E-state index contributed by atoms with van der Waals surface area (Å²) in [6, 6.07) is -4.16. The number of ketones is 1. The molecule has 4 rings (SSSR count). The minimum atomic E-state index is -1.74. The number of ether oxygens (including phenoxy) is 4. The summed E-state index contributed by atoms with van der Waals surface area (Å²) in [6.07, 6.45) is -16.4. The Morgan fingerprint density at radius 2 is 1.54 bits per heavy atom. The van der Waals surface area contributed by atoms with Crippen LogP contribution in [0.5, 0.6) is 0 Å². The number of aliphatic hydroxyl groups is 8. The van der Waals surface area contributed by atoms with Gasteiger partial charge in [-0.15, -0.1) is 0 Å². The zero-order chi connectivity index (χ0) is 34.1. The van der Waals surface area contributed by atoms with Crippen molar-refractivity contribution >= 4 is 5.78 Å². The highest BCUT2D eigenvalue weighted by Gasteiger charge is 2.58. The smallest absolute Gasteiger partial charge is 0.186 e. The Morgan fingerprint density at radius 3 is 2.13 bits per heavy atom. The second kappa shape index (κ2) is 15.7. The second-order valence-corrected chi connectivity index (χ2v) is 12.9. The summed E-state index contributed by atoms with van der Waals surface area (Å²) in [7, 11) is 0. The molecule has 0 aromatic heterocycles. The van der Waals surface area contributed by atoms with Crippen LogP contribution < -0.4 is 34.0 Å². The maximum atomic E-state index is 13.0. The van der Waals surface area contributed by atoms with Crippen LogP contribution in [0.2, 0.25) is 0 Å². The molecule has 2 saturated heterocycles. The van der Waals surface area contributed by atoms with Gasteiger partial charge < -0.3 is 93.8 Å². The Kier molecular flexibility index (Phi) is 12.9. The van der Waals surface area contributed by atoms with Gasteiger partial charge in [0.05, 0.1) is 30.9 Å². The zero-order valence-electron chi connectivity index (χ0n) is 25.5. The van der Waals surface area contributed by atoms with E-state index in [1.807, 2.05) is 0 Å². The van der Waals surface area contributed by atoms with Crippen molar-refractivity contribution in [3.63, 3.8) is 0 Å². The first kappa shape index (κ1) is 37.8. The average molecular weight is 669 g/mol. The molecule has 19 nitrogen and oxygen atoms in total. The van der Waals surface area contributed by atoms with Gasteiger partial charge in [0.25, 0.3) is 0 Å². The molecule has 268 valence electrons. The number of hydrogen-bond donors (Lipinski definition) is 14. The molecule has 4 fully saturated rings. The fourth-order valence-corrected chi connectivity index (χ4v) is 6.49. The third-order valence-electron chi connectivity index (χ3n) is 9.59. The van der Waals surface area contributed by atoms with E-state index in [4.69, 9.17) is 47.6 Å². The summed E-state index contributed by atoms with van der Waals surface area (Å²) in [4.78, 5) is 13.0. The minimum absolute atomic E-state index is 0.0180. The van der Waals surface area contributed by atoms with E-state index in [2.05, 4.69) is 5.32 Å². The number of hydrogen-bond acceptors (Lipinski definition) is 19. The van der Waals surface area contributed by atoms with E-state index in [9.17, 15) is 45.6 Å². The normalized spacial score (nSPS) is 48.6. The molecule has 0 aromatic rings. The van der Waals surface area contributed by atoms with Gasteiger partial charge in [-0.3, -0.25) is 4.79 Å². The molecule has 18 atom stereocenters. The predicted octanol–water partition coefficient (Wildman–Crippen LogP) is -8.27. The van der Waals surface area contributed by atoms with Gasteiger partial charge in [-0.05, 0) is 25.3 Å². The lowest BCUT2D eigenvalue weighted by Crippen LogP contribution is -2.68. The van der Waals surface area contributed by atoms with Crippen molar-refractivity contribution in [1.29, 1.82) is 0 Å². The van der Waals surface area contributed by atoms with Gasteiger partial charge in [0.1, 0.15) is 54.4 Å². The van der Waals surface area contributed by atoms with Gasteiger partial charge in [0.2, 0.25) is 0 Å². The first-order chi connectivity index (χ1) is 21.7. The van der Waals surface area contributed by atoms with Crippen LogP contribution in [0, 0.1) is 5.92 Å². The van der Waals surface area contributed by atoms with E-state index in [1.165, 1.54) is 0 Å². The van der Waals surface area contributed by atoms with Gasteiger partial charge in [0, 0.05) is 38.0 Å². The summed E-state index contributed by atoms with van der Waals surface area (Å²) < 4.78 is 23.6. The van der Waals surface area contributed by atoms with E-state index >= 15 is 0 Å². The number of carbonyl (C=O) groups excluding carboxylic acids is 1. The largest absolute Gasteiger partial charge is 0.394 e. The second-order valence-electron chi connectivity index (χ2n) is 12.9. The van der Waals surface area contributed by atoms with Crippen molar-refractivity contribution in [3.05, 3.63) is 0 Å². The highest BCUT2D eigenvalue weighted by Crippen LogP contribution is 2.41. The van der Waals surface area contributed by atoms with E-state index < -0.39 is 122 Å². The molecular formula is C27H52N6O13. The van der Waals surface area contributed by atoms with Crippen molar-refractivity contribution in [1.82, 2.24) is 5.32 Å². The van der Waals surface area contributed by atoms with E-state index in [0.717, 1.165) is 0 Å². The summed E-state index contributed by atoms with van der Waals surface area (Å²) in [6.45, 7) is -0.723. The molecule has 0 amide bonds. The van der Waals surface area contributed by atoms with Crippen LogP contribution in [-0.2, 0) is 23.7 Å². The van der Waals surface area contributed by atoms with Gasteiger partial charge in [-0.1, -0.05) is 0 Å². The Hall–Kier alpha value is -1.05. The average Bonchev–Trinajstić information content (AvgIpc) is 3.65. The molecule has 4 unspecified atom stereocenters. The van der Waals surface area contributed by atoms with Crippen LogP contribution in [0.1, 0.15) is 25.7 Å². The van der Waals surface area contributed by atoms with Crippen LogP contribution in [0.3, 0.4) is 0 Å². The Balaban J connectivity index is 1.58. The molecule has 2 aliphatic carbocycles. The molecule has 0 aromatic carbocycles. The highest BCUT2D eigenvalue weighted by atomic mass is 16.7. The number of aliphatic hydroxyl groups excluding tert-OH is 7. The van der Waals surface area contributed by atoms with Crippen LogP contribution in [0.25, 0.3) is 0 Å².